The first-order valence-corrected chi connectivity index (χ1v) is 10.9. The summed E-state index contributed by atoms with van der Waals surface area (Å²) in [7, 11) is 0. The number of amides is 1. The van der Waals surface area contributed by atoms with Gasteiger partial charge in [0.1, 0.15) is 16.1 Å². The second-order valence-electron chi connectivity index (χ2n) is 6.21. The van der Waals surface area contributed by atoms with Gasteiger partial charge in [0, 0.05) is 24.7 Å². The maximum absolute atomic E-state index is 12.2. The fraction of sp³-hybridized carbons (Fsp3) is 0.333. The van der Waals surface area contributed by atoms with Crippen molar-refractivity contribution in [3.05, 3.63) is 41.2 Å². The smallest absolute Gasteiger partial charge is 0.230 e. The predicted molar refractivity (Wildman–Crippen MR) is 111 cm³/mol. The number of thioether (sulfide) groups is 1. The Morgan fingerprint density at radius 1 is 1.22 bits per heavy atom. The van der Waals surface area contributed by atoms with Crippen LogP contribution in [-0.4, -0.2) is 39.7 Å². The van der Waals surface area contributed by atoms with E-state index in [2.05, 4.69) is 25.2 Å². The lowest BCUT2D eigenvalue weighted by Gasteiger charge is -2.11. The minimum Gasteiger partial charge on any atom is -0.351 e. The molecule has 1 aromatic carbocycles. The lowest BCUT2D eigenvalue weighted by Crippen LogP contribution is -2.24. The number of hydrogen-bond donors (Lipinski definition) is 1. The predicted octanol–water partition coefficient (Wildman–Crippen LogP) is 3.75. The van der Waals surface area contributed by atoms with Crippen molar-refractivity contribution in [2.75, 3.05) is 23.7 Å². The summed E-state index contributed by atoms with van der Waals surface area (Å²) in [6.45, 7) is 2.57. The quantitative estimate of drug-likeness (QED) is 0.484. The van der Waals surface area contributed by atoms with E-state index in [0.29, 0.717) is 23.0 Å². The van der Waals surface area contributed by atoms with Gasteiger partial charge in [0.05, 0.1) is 5.75 Å². The zero-order valence-corrected chi connectivity index (χ0v) is 16.9. The minimum atomic E-state index is -0.0361. The molecule has 4 rings (SSSR count). The number of carbonyl (C=O) groups excluding carboxylic acids is 1. The van der Waals surface area contributed by atoms with Gasteiger partial charge in [-0.25, -0.2) is 9.97 Å². The molecule has 9 heteroatoms. The molecule has 0 unspecified atom stereocenters. The van der Waals surface area contributed by atoms with E-state index in [1.165, 1.54) is 30.9 Å². The largest absolute Gasteiger partial charge is 0.351 e. The normalized spacial score (nSPS) is 14.0. The van der Waals surface area contributed by atoms with Gasteiger partial charge in [-0.3, -0.25) is 4.79 Å². The van der Waals surface area contributed by atoms with Crippen LogP contribution in [0, 0.1) is 0 Å². The van der Waals surface area contributed by atoms with Gasteiger partial charge < -0.3 is 10.2 Å². The molecular weight excluding hydrogens is 402 g/mol. The molecule has 1 aliphatic rings. The van der Waals surface area contributed by atoms with E-state index in [1.54, 1.807) is 11.3 Å². The van der Waals surface area contributed by atoms with Gasteiger partial charge in [-0.1, -0.05) is 46.8 Å². The van der Waals surface area contributed by atoms with Crippen LogP contribution in [0.5, 0.6) is 0 Å². The van der Waals surface area contributed by atoms with Gasteiger partial charge in [-0.2, -0.15) is 4.98 Å². The molecule has 2 aromatic heterocycles. The van der Waals surface area contributed by atoms with Gasteiger partial charge >= 0.3 is 0 Å². The van der Waals surface area contributed by atoms with Gasteiger partial charge in [0.2, 0.25) is 5.91 Å². The molecule has 27 heavy (non-hydrogen) atoms. The van der Waals surface area contributed by atoms with E-state index >= 15 is 0 Å². The summed E-state index contributed by atoms with van der Waals surface area (Å²) in [5, 5.41) is 5.41. The zero-order valence-electron chi connectivity index (χ0n) is 14.5. The van der Waals surface area contributed by atoms with Crippen LogP contribution < -0.4 is 10.2 Å². The Morgan fingerprint density at radius 3 is 2.78 bits per heavy atom. The maximum Gasteiger partial charge on any atom is 0.230 e. The fourth-order valence-electron chi connectivity index (χ4n) is 2.86. The number of thiazole rings is 1. The number of halogens is 1. The average molecular weight is 420 g/mol. The summed E-state index contributed by atoms with van der Waals surface area (Å²) in [5.74, 6) is 0.266. The van der Waals surface area contributed by atoms with Crippen molar-refractivity contribution < 1.29 is 4.79 Å². The fourth-order valence-corrected chi connectivity index (χ4v) is 4.95. The number of nitrogens with zero attached hydrogens (tertiary/aromatic N) is 4. The highest BCUT2D eigenvalue weighted by atomic mass is 35.5. The third kappa shape index (κ3) is 4.51. The van der Waals surface area contributed by atoms with Crippen molar-refractivity contribution in [1.82, 2.24) is 20.3 Å². The highest BCUT2D eigenvalue weighted by molar-refractivity contribution is 8.00. The summed E-state index contributed by atoms with van der Waals surface area (Å²) >= 11 is 8.90. The number of fused-ring (bicyclic) bond motifs is 1. The third-order valence-corrected chi connectivity index (χ3v) is 6.75. The van der Waals surface area contributed by atoms with Crippen molar-refractivity contribution in [2.45, 2.75) is 24.4 Å². The molecule has 3 aromatic rings. The first-order chi connectivity index (χ1) is 13.2. The van der Waals surface area contributed by atoms with Gasteiger partial charge in [-0.05, 0) is 30.5 Å². The van der Waals surface area contributed by atoms with E-state index in [-0.39, 0.29) is 5.91 Å². The molecule has 140 valence electrons. The number of hydrogen-bond acceptors (Lipinski definition) is 7. The molecule has 1 fully saturated rings. The van der Waals surface area contributed by atoms with Crippen LogP contribution in [-0.2, 0) is 11.3 Å². The lowest BCUT2D eigenvalue weighted by atomic mass is 10.2. The maximum atomic E-state index is 12.2. The Hall–Kier alpha value is -1.90. The highest BCUT2D eigenvalue weighted by Gasteiger charge is 2.19. The van der Waals surface area contributed by atoms with Crippen molar-refractivity contribution in [3.8, 4) is 0 Å². The molecule has 0 aliphatic carbocycles. The van der Waals surface area contributed by atoms with Gasteiger partial charge in [0.15, 0.2) is 10.8 Å². The molecule has 3 heterocycles. The Balaban J connectivity index is 1.37. The molecule has 0 atom stereocenters. The van der Waals surface area contributed by atoms with Gasteiger partial charge in [-0.15, -0.1) is 0 Å². The molecule has 1 saturated heterocycles. The molecule has 1 amide bonds. The first-order valence-electron chi connectivity index (χ1n) is 8.69. The Bertz CT molecular complexity index is 941. The zero-order chi connectivity index (χ0) is 18.6. The summed E-state index contributed by atoms with van der Waals surface area (Å²) in [4.78, 5) is 27.7. The summed E-state index contributed by atoms with van der Waals surface area (Å²) in [5.41, 5.74) is 1.72. The number of carbonyl (C=O) groups is 1. The molecule has 6 nitrogen and oxygen atoms in total. The third-order valence-electron chi connectivity index (χ3n) is 4.27. The number of nitrogens with one attached hydrogen (secondary N) is 1. The molecule has 0 saturated carbocycles. The Labute approximate surface area is 170 Å². The van der Waals surface area contributed by atoms with Crippen LogP contribution in [0.4, 0.5) is 5.13 Å². The van der Waals surface area contributed by atoms with E-state index in [4.69, 9.17) is 11.6 Å². The summed E-state index contributed by atoms with van der Waals surface area (Å²) < 4.78 is 0.954. The molecule has 1 aliphatic heterocycles. The highest BCUT2D eigenvalue weighted by Crippen LogP contribution is 2.34. The van der Waals surface area contributed by atoms with E-state index in [1.807, 2.05) is 24.3 Å². The Kier molecular flexibility index (Phi) is 5.75. The van der Waals surface area contributed by atoms with Crippen LogP contribution in [0.2, 0.25) is 5.02 Å². The lowest BCUT2D eigenvalue weighted by molar-refractivity contribution is -0.118. The number of aromatic nitrogens is 3. The molecular formula is C18H18ClN5OS2. The number of benzene rings is 1. The van der Waals surface area contributed by atoms with Crippen LogP contribution in [0.25, 0.3) is 10.3 Å². The van der Waals surface area contributed by atoms with Crippen LogP contribution in [0.1, 0.15) is 18.4 Å². The Morgan fingerprint density at radius 2 is 2.00 bits per heavy atom. The topological polar surface area (TPSA) is 71.0 Å². The summed E-state index contributed by atoms with van der Waals surface area (Å²) in [6.07, 6.45) is 3.93. The van der Waals surface area contributed by atoms with E-state index < -0.39 is 0 Å². The monoisotopic (exact) mass is 419 g/mol. The van der Waals surface area contributed by atoms with Gasteiger partial charge in [0.25, 0.3) is 0 Å². The SMILES string of the molecule is O=C(CSc1ncnc2nc(N3CCCC3)sc12)NCc1ccc(Cl)cc1. The standard InChI is InChI=1S/C18H18ClN5OS2/c19-13-5-3-12(4-6-13)9-20-14(25)10-26-17-15-16(21-11-22-17)23-18(27-15)24-7-1-2-8-24/h3-6,11H,1-2,7-10H2,(H,20,25). The number of anilines is 1. The summed E-state index contributed by atoms with van der Waals surface area (Å²) in [6, 6.07) is 7.44. The van der Waals surface area contributed by atoms with Crippen LogP contribution >= 0.6 is 34.7 Å². The van der Waals surface area contributed by atoms with E-state index in [0.717, 1.165) is 33.5 Å². The van der Waals surface area contributed by atoms with Crippen molar-refractivity contribution >= 4 is 56.1 Å². The molecule has 0 spiro atoms. The van der Waals surface area contributed by atoms with Crippen molar-refractivity contribution in [1.29, 1.82) is 0 Å². The minimum absolute atomic E-state index is 0.0361. The second kappa shape index (κ2) is 8.41. The van der Waals surface area contributed by atoms with Crippen LogP contribution in [0.3, 0.4) is 0 Å². The number of rotatable bonds is 6. The van der Waals surface area contributed by atoms with Crippen molar-refractivity contribution in [3.63, 3.8) is 0 Å². The van der Waals surface area contributed by atoms with E-state index in [9.17, 15) is 4.79 Å². The molecule has 1 N–H and O–H groups in total. The first kappa shape index (κ1) is 18.5. The van der Waals surface area contributed by atoms with Crippen LogP contribution in [0.15, 0.2) is 35.6 Å². The molecule has 0 radical (unpaired) electrons. The molecule has 0 bridgehead atoms. The van der Waals surface area contributed by atoms with Crippen molar-refractivity contribution in [2.24, 2.45) is 0 Å². The second-order valence-corrected chi connectivity index (χ2v) is 8.59. The average Bonchev–Trinajstić information content (AvgIpc) is 3.35.